The second-order valence-electron chi connectivity index (χ2n) is 4.70. The lowest BCUT2D eigenvalue weighted by Crippen LogP contribution is -2.33. The van der Waals surface area contributed by atoms with Gasteiger partial charge in [-0.25, -0.2) is 0 Å². The van der Waals surface area contributed by atoms with Gasteiger partial charge >= 0.3 is 5.69 Å². The molecular formula is C13H16ClN3O3. The average Bonchev–Trinajstić information content (AvgIpc) is 2.38. The molecule has 1 aromatic carbocycles. The lowest BCUT2D eigenvalue weighted by atomic mass is 9.98. The van der Waals surface area contributed by atoms with Crippen LogP contribution in [-0.4, -0.2) is 17.1 Å². The summed E-state index contributed by atoms with van der Waals surface area (Å²) in [7, 11) is 0. The Labute approximate surface area is 122 Å². The van der Waals surface area contributed by atoms with Crippen LogP contribution in [0.1, 0.15) is 26.2 Å². The molecule has 1 atom stereocenters. The number of nitro groups is 1. The number of hydrogen-bond donors (Lipinski definition) is 1. The van der Waals surface area contributed by atoms with Gasteiger partial charge < -0.3 is 10.5 Å². The molecular weight excluding hydrogens is 282 g/mol. The molecule has 0 bridgehead atoms. The summed E-state index contributed by atoms with van der Waals surface area (Å²) in [5, 5.41) is 20.0. The summed E-state index contributed by atoms with van der Waals surface area (Å²) in [4.78, 5) is 10.3. The Balaban J connectivity index is 2.49. The van der Waals surface area contributed by atoms with Crippen LogP contribution in [0.15, 0.2) is 18.2 Å². The van der Waals surface area contributed by atoms with E-state index in [1.165, 1.54) is 18.2 Å². The van der Waals surface area contributed by atoms with Crippen molar-refractivity contribution in [2.24, 2.45) is 5.73 Å². The Morgan fingerprint density at radius 1 is 1.55 bits per heavy atom. The van der Waals surface area contributed by atoms with Gasteiger partial charge in [0.1, 0.15) is 5.54 Å². The highest BCUT2D eigenvalue weighted by molar-refractivity contribution is 6.30. The number of unbranched alkanes of at least 4 members (excludes halogenated alkanes) is 1. The monoisotopic (exact) mass is 297 g/mol. The molecule has 1 rings (SSSR count). The second-order valence-corrected chi connectivity index (χ2v) is 5.14. The third kappa shape index (κ3) is 5.03. The fourth-order valence-electron chi connectivity index (χ4n) is 1.59. The van der Waals surface area contributed by atoms with E-state index in [2.05, 4.69) is 0 Å². The van der Waals surface area contributed by atoms with Crippen LogP contribution in [0.25, 0.3) is 0 Å². The van der Waals surface area contributed by atoms with Crippen molar-refractivity contribution in [3.63, 3.8) is 0 Å². The van der Waals surface area contributed by atoms with Crippen molar-refractivity contribution in [2.75, 3.05) is 6.61 Å². The topological polar surface area (TPSA) is 102 Å². The van der Waals surface area contributed by atoms with Gasteiger partial charge in [0.2, 0.25) is 0 Å². The molecule has 0 radical (unpaired) electrons. The first-order chi connectivity index (χ1) is 9.35. The number of rotatable bonds is 7. The predicted molar refractivity (Wildman–Crippen MR) is 75.7 cm³/mol. The third-order valence-corrected chi connectivity index (χ3v) is 2.96. The van der Waals surface area contributed by atoms with Crippen molar-refractivity contribution in [1.82, 2.24) is 0 Å². The maximum atomic E-state index is 10.8. The minimum atomic E-state index is -0.845. The number of hydrogen-bond acceptors (Lipinski definition) is 5. The highest BCUT2D eigenvalue weighted by atomic mass is 35.5. The number of nitro benzene ring substituents is 1. The molecule has 0 aliphatic carbocycles. The van der Waals surface area contributed by atoms with E-state index in [4.69, 9.17) is 27.3 Å². The number of nitrogens with zero attached hydrogens (tertiary/aromatic N) is 2. The maximum absolute atomic E-state index is 10.8. The van der Waals surface area contributed by atoms with Gasteiger partial charge in [-0.3, -0.25) is 10.1 Å². The second kappa shape index (κ2) is 7.08. The largest absolute Gasteiger partial charge is 0.487 e. The van der Waals surface area contributed by atoms with Gasteiger partial charge in [0.05, 0.1) is 17.6 Å². The molecule has 0 aliphatic heterocycles. The van der Waals surface area contributed by atoms with Gasteiger partial charge in [0.15, 0.2) is 5.75 Å². The lowest BCUT2D eigenvalue weighted by Gasteiger charge is -2.14. The van der Waals surface area contributed by atoms with Gasteiger partial charge in [-0.05, 0) is 32.3 Å². The normalized spacial score (nSPS) is 13.3. The summed E-state index contributed by atoms with van der Waals surface area (Å²) in [6, 6.07) is 6.18. The van der Waals surface area contributed by atoms with Crippen LogP contribution >= 0.6 is 11.6 Å². The molecule has 6 nitrogen and oxygen atoms in total. The summed E-state index contributed by atoms with van der Waals surface area (Å²) in [5.41, 5.74) is 4.72. The zero-order chi connectivity index (χ0) is 15.2. The molecule has 20 heavy (non-hydrogen) atoms. The van der Waals surface area contributed by atoms with Crippen molar-refractivity contribution in [3.8, 4) is 11.8 Å². The summed E-state index contributed by atoms with van der Waals surface area (Å²) in [5.74, 6) is 0.151. The van der Waals surface area contributed by atoms with Crippen LogP contribution in [0.4, 0.5) is 5.69 Å². The predicted octanol–water partition coefficient (Wildman–Crippen LogP) is 3.04. The fraction of sp³-hybridized carbons (Fsp3) is 0.462. The zero-order valence-electron chi connectivity index (χ0n) is 11.1. The maximum Gasteiger partial charge on any atom is 0.311 e. The number of nitriles is 1. The van der Waals surface area contributed by atoms with E-state index in [-0.39, 0.29) is 11.4 Å². The molecule has 0 aromatic heterocycles. The quantitative estimate of drug-likeness (QED) is 0.473. The first kappa shape index (κ1) is 16.2. The van der Waals surface area contributed by atoms with Gasteiger partial charge in [-0.2, -0.15) is 5.26 Å². The molecule has 0 amide bonds. The highest BCUT2D eigenvalue weighted by Gasteiger charge is 2.17. The molecule has 7 heteroatoms. The molecule has 0 spiro atoms. The summed E-state index contributed by atoms with van der Waals surface area (Å²) in [6.07, 6.45) is 1.90. The molecule has 108 valence electrons. The summed E-state index contributed by atoms with van der Waals surface area (Å²) >= 11 is 5.79. The van der Waals surface area contributed by atoms with E-state index in [0.29, 0.717) is 30.9 Å². The Hall–Kier alpha value is -1.84. The van der Waals surface area contributed by atoms with Gasteiger partial charge in [0, 0.05) is 17.2 Å². The van der Waals surface area contributed by atoms with Crippen molar-refractivity contribution < 1.29 is 9.66 Å². The molecule has 0 saturated heterocycles. The van der Waals surface area contributed by atoms with E-state index in [1.807, 2.05) is 6.07 Å². The SMILES string of the molecule is CC(N)(C#N)CCCCOc1cc(Cl)ccc1[N+](=O)[O-]. The third-order valence-electron chi connectivity index (χ3n) is 2.72. The van der Waals surface area contributed by atoms with Crippen LogP contribution in [0, 0.1) is 21.4 Å². The summed E-state index contributed by atoms with van der Waals surface area (Å²) in [6.45, 7) is 1.97. The van der Waals surface area contributed by atoms with Crippen molar-refractivity contribution in [1.29, 1.82) is 5.26 Å². The van der Waals surface area contributed by atoms with Gasteiger partial charge in [-0.15, -0.1) is 0 Å². The Morgan fingerprint density at radius 2 is 2.25 bits per heavy atom. The van der Waals surface area contributed by atoms with Gasteiger partial charge in [0.25, 0.3) is 0 Å². The average molecular weight is 298 g/mol. The lowest BCUT2D eigenvalue weighted by molar-refractivity contribution is -0.385. The Kier molecular flexibility index (Phi) is 5.74. The number of benzene rings is 1. The molecule has 1 aromatic rings. The number of halogens is 1. The van der Waals surface area contributed by atoms with E-state index in [9.17, 15) is 10.1 Å². The number of nitrogens with two attached hydrogens (primary N) is 1. The molecule has 0 heterocycles. The van der Waals surface area contributed by atoms with E-state index >= 15 is 0 Å². The molecule has 2 N–H and O–H groups in total. The van der Waals surface area contributed by atoms with Crippen LogP contribution in [0.5, 0.6) is 5.75 Å². The van der Waals surface area contributed by atoms with Crippen LogP contribution < -0.4 is 10.5 Å². The Bertz CT molecular complexity index is 526. The first-order valence-corrected chi connectivity index (χ1v) is 6.50. The first-order valence-electron chi connectivity index (χ1n) is 6.12. The zero-order valence-corrected chi connectivity index (χ0v) is 11.9. The number of ether oxygens (including phenoxy) is 1. The van der Waals surface area contributed by atoms with Crippen molar-refractivity contribution >= 4 is 17.3 Å². The van der Waals surface area contributed by atoms with Crippen molar-refractivity contribution in [2.45, 2.75) is 31.7 Å². The fourth-order valence-corrected chi connectivity index (χ4v) is 1.75. The summed E-state index contributed by atoms with van der Waals surface area (Å²) < 4.78 is 5.38. The van der Waals surface area contributed by atoms with E-state index in [0.717, 1.165) is 0 Å². The minimum absolute atomic E-state index is 0.116. The minimum Gasteiger partial charge on any atom is -0.487 e. The molecule has 0 aliphatic rings. The standard InChI is InChI=1S/C13H16ClN3O3/c1-13(16,9-15)6-2-3-7-20-12-8-10(14)4-5-11(12)17(18)19/h4-5,8H,2-3,6-7,16H2,1H3. The highest BCUT2D eigenvalue weighted by Crippen LogP contribution is 2.30. The smallest absolute Gasteiger partial charge is 0.311 e. The van der Waals surface area contributed by atoms with Crippen LogP contribution in [0.3, 0.4) is 0 Å². The molecule has 0 saturated carbocycles. The van der Waals surface area contributed by atoms with E-state index in [1.54, 1.807) is 6.92 Å². The van der Waals surface area contributed by atoms with Crippen molar-refractivity contribution in [3.05, 3.63) is 33.3 Å². The molecule has 0 fully saturated rings. The molecule has 1 unspecified atom stereocenters. The van der Waals surface area contributed by atoms with Gasteiger partial charge in [-0.1, -0.05) is 11.6 Å². The van der Waals surface area contributed by atoms with Crippen LogP contribution in [-0.2, 0) is 0 Å². The van der Waals surface area contributed by atoms with Crippen LogP contribution in [0.2, 0.25) is 5.02 Å². The van der Waals surface area contributed by atoms with E-state index < -0.39 is 10.5 Å². The Morgan fingerprint density at radius 3 is 2.85 bits per heavy atom.